The molecule has 1 aromatic carbocycles. The molecule has 1 heterocycles. The minimum Gasteiger partial charge on any atom is -0.494 e. The fourth-order valence-electron chi connectivity index (χ4n) is 1.22. The lowest BCUT2D eigenvalue weighted by Gasteiger charge is -2.03. The molecule has 0 unspecified atom stereocenters. The van der Waals surface area contributed by atoms with Gasteiger partial charge < -0.3 is 4.74 Å². The third kappa shape index (κ3) is 1.52. The molecule has 0 radical (unpaired) electrons. The fourth-order valence-corrected chi connectivity index (χ4v) is 1.68. The predicted octanol–water partition coefficient (Wildman–Crippen LogP) is 3.01. The molecule has 0 aliphatic heterocycles. The van der Waals surface area contributed by atoms with E-state index in [0.29, 0.717) is 0 Å². The number of hydrogen-bond donors (Lipinski definition) is 0. The lowest BCUT2D eigenvalue weighted by Crippen LogP contribution is -1.87. The number of benzene rings is 1. The highest BCUT2D eigenvalue weighted by atomic mass is 79.9. The van der Waals surface area contributed by atoms with Crippen molar-refractivity contribution in [3.63, 3.8) is 0 Å². The minimum atomic E-state index is 0.744. The molecule has 3 heteroatoms. The van der Waals surface area contributed by atoms with Gasteiger partial charge in [0.25, 0.3) is 0 Å². The summed E-state index contributed by atoms with van der Waals surface area (Å²) in [6.45, 7) is 0. The topological polar surface area (TPSA) is 22.1 Å². The maximum atomic E-state index is 5.14. The van der Waals surface area contributed by atoms with Crippen LogP contribution in [0.4, 0.5) is 0 Å². The van der Waals surface area contributed by atoms with Crippen LogP contribution in [0.3, 0.4) is 0 Å². The van der Waals surface area contributed by atoms with E-state index >= 15 is 0 Å². The molecule has 0 bridgehead atoms. The Labute approximate surface area is 84.7 Å². The number of fused-ring (bicyclic) bond motifs is 1. The van der Waals surface area contributed by atoms with Crippen molar-refractivity contribution in [2.45, 2.75) is 0 Å². The number of pyridine rings is 1. The van der Waals surface area contributed by atoms with Gasteiger partial charge in [-0.2, -0.15) is 0 Å². The smallest absolute Gasteiger partial charge is 0.152 e. The van der Waals surface area contributed by atoms with Crippen molar-refractivity contribution in [3.8, 4) is 5.75 Å². The zero-order valence-corrected chi connectivity index (χ0v) is 8.71. The third-order valence-electron chi connectivity index (χ3n) is 1.87. The molecule has 0 atom stereocenters. The lowest BCUT2D eigenvalue weighted by atomic mass is 10.2. The van der Waals surface area contributed by atoms with Crippen LogP contribution in [-0.4, -0.2) is 12.1 Å². The van der Waals surface area contributed by atoms with Gasteiger partial charge in [0.2, 0.25) is 0 Å². The molecule has 0 amide bonds. The van der Waals surface area contributed by atoms with Crippen LogP contribution >= 0.6 is 15.9 Å². The van der Waals surface area contributed by atoms with E-state index in [1.807, 2.05) is 30.3 Å². The van der Waals surface area contributed by atoms with Crippen LogP contribution in [0.5, 0.6) is 5.75 Å². The van der Waals surface area contributed by atoms with Crippen LogP contribution in [-0.2, 0) is 0 Å². The Morgan fingerprint density at radius 2 is 2.08 bits per heavy atom. The molecule has 0 spiro atoms. The molecule has 0 saturated heterocycles. The molecular weight excluding hydrogens is 230 g/mol. The number of nitrogens with zero attached hydrogens (tertiary/aromatic N) is 1. The maximum Gasteiger partial charge on any atom is 0.152 e. The first-order chi connectivity index (χ1) is 6.31. The summed E-state index contributed by atoms with van der Waals surface area (Å²) in [5.41, 5.74) is 0.968. The zero-order valence-electron chi connectivity index (χ0n) is 7.12. The van der Waals surface area contributed by atoms with Gasteiger partial charge >= 0.3 is 0 Å². The molecule has 0 saturated carbocycles. The first kappa shape index (κ1) is 8.51. The van der Waals surface area contributed by atoms with Gasteiger partial charge in [0.15, 0.2) is 5.75 Å². The van der Waals surface area contributed by atoms with Gasteiger partial charge in [0.05, 0.1) is 12.6 Å². The SMILES string of the molecule is COc1cc2ccccc2nc1Br. The van der Waals surface area contributed by atoms with Gasteiger partial charge in [0, 0.05) is 5.39 Å². The van der Waals surface area contributed by atoms with Crippen molar-refractivity contribution in [1.29, 1.82) is 0 Å². The molecule has 2 aromatic rings. The molecule has 2 rings (SSSR count). The van der Waals surface area contributed by atoms with E-state index < -0.39 is 0 Å². The second-order valence-corrected chi connectivity index (χ2v) is 3.43. The van der Waals surface area contributed by atoms with Crippen LogP contribution in [0.1, 0.15) is 0 Å². The maximum absolute atomic E-state index is 5.14. The van der Waals surface area contributed by atoms with Crippen LogP contribution in [0.15, 0.2) is 34.9 Å². The van der Waals surface area contributed by atoms with Gasteiger partial charge in [0.1, 0.15) is 4.60 Å². The number of rotatable bonds is 1. The number of halogens is 1. The highest BCUT2D eigenvalue weighted by Crippen LogP contribution is 2.26. The number of ether oxygens (including phenoxy) is 1. The average molecular weight is 238 g/mol. The third-order valence-corrected chi connectivity index (χ3v) is 2.43. The molecule has 1 aromatic heterocycles. The molecule has 66 valence electrons. The molecule has 0 fully saturated rings. The van der Waals surface area contributed by atoms with Crippen LogP contribution in [0, 0.1) is 0 Å². The second-order valence-electron chi connectivity index (χ2n) is 2.67. The first-order valence-electron chi connectivity index (χ1n) is 3.90. The monoisotopic (exact) mass is 237 g/mol. The number of hydrogen-bond acceptors (Lipinski definition) is 2. The number of aromatic nitrogens is 1. The Bertz CT molecular complexity index is 442. The summed E-state index contributed by atoms with van der Waals surface area (Å²) in [5, 5.41) is 1.09. The summed E-state index contributed by atoms with van der Waals surface area (Å²) in [5.74, 6) is 0.763. The van der Waals surface area contributed by atoms with Crippen LogP contribution < -0.4 is 4.74 Å². The number of methoxy groups -OCH3 is 1. The van der Waals surface area contributed by atoms with Crippen molar-refractivity contribution in [3.05, 3.63) is 34.9 Å². The summed E-state index contributed by atoms with van der Waals surface area (Å²) < 4.78 is 5.89. The Balaban J connectivity index is 2.74. The summed E-state index contributed by atoms with van der Waals surface area (Å²) in [6, 6.07) is 9.90. The van der Waals surface area contributed by atoms with E-state index in [9.17, 15) is 0 Å². The number of para-hydroxylation sites is 1. The van der Waals surface area contributed by atoms with E-state index in [1.54, 1.807) is 7.11 Å². The Morgan fingerprint density at radius 3 is 2.85 bits per heavy atom. The van der Waals surface area contributed by atoms with Crippen LogP contribution in [0.25, 0.3) is 10.9 Å². The van der Waals surface area contributed by atoms with E-state index in [-0.39, 0.29) is 0 Å². The molecule has 0 N–H and O–H groups in total. The van der Waals surface area contributed by atoms with Crippen LogP contribution in [0.2, 0.25) is 0 Å². The highest BCUT2D eigenvalue weighted by Gasteiger charge is 2.02. The fraction of sp³-hybridized carbons (Fsp3) is 0.100. The van der Waals surface area contributed by atoms with Crippen molar-refractivity contribution >= 4 is 26.8 Å². The van der Waals surface area contributed by atoms with Crippen molar-refractivity contribution < 1.29 is 4.74 Å². The zero-order chi connectivity index (χ0) is 9.26. The minimum absolute atomic E-state index is 0.744. The highest BCUT2D eigenvalue weighted by molar-refractivity contribution is 9.10. The van der Waals surface area contributed by atoms with Gasteiger partial charge in [-0.1, -0.05) is 18.2 Å². The molecular formula is C10H8BrNO. The van der Waals surface area contributed by atoms with E-state index in [0.717, 1.165) is 21.3 Å². The van der Waals surface area contributed by atoms with Crippen molar-refractivity contribution in [2.24, 2.45) is 0 Å². The summed E-state index contributed by atoms with van der Waals surface area (Å²) in [7, 11) is 1.64. The van der Waals surface area contributed by atoms with E-state index in [1.165, 1.54) is 0 Å². The van der Waals surface area contributed by atoms with Gasteiger partial charge in [-0.05, 0) is 28.1 Å². The lowest BCUT2D eigenvalue weighted by molar-refractivity contribution is 0.410. The largest absolute Gasteiger partial charge is 0.494 e. The van der Waals surface area contributed by atoms with Gasteiger partial charge in [-0.15, -0.1) is 0 Å². The molecule has 0 aliphatic rings. The summed E-state index contributed by atoms with van der Waals surface area (Å²) >= 11 is 3.34. The summed E-state index contributed by atoms with van der Waals surface area (Å²) in [6.07, 6.45) is 0. The van der Waals surface area contributed by atoms with Crippen molar-refractivity contribution in [1.82, 2.24) is 4.98 Å². The standard InChI is InChI=1S/C10H8BrNO/c1-13-9-6-7-4-2-3-5-8(7)12-10(9)11/h2-6H,1H3. The van der Waals surface area contributed by atoms with Gasteiger partial charge in [-0.25, -0.2) is 4.98 Å². The average Bonchev–Trinajstić information content (AvgIpc) is 2.17. The summed E-state index contributed by atoms with van der Waals surface area (Å²) in [4.78, 5) is 4.34. The predicted molar refractivity (Wildman–Crippen MR) is 56.0 cm³/mol. The quantitative estimate of drug-likeness (QED) is 0.712. The molecule has 2 nitrogen and oxygen atoms in total. The Morgan fingerprint density at radius 1 is 1.31 bits per heavy atom. The van der Waals surface area contributed by atoms with Gasteiger partial charge in [-0.3, -0.25) is 0 Å². The molecule has 13 heavy (non-hydrogen) atoms. The molecule has 0 aliphatic carbocycles. The van der Waals surface area contributed by atoms with E-state index in [2.05, 4.69) is 20.9 Å². The second kappa shape index (κ2) is 3.34. The Hall–Kier alpha value is -1.09. The van der Waals surface area contributed by atoms with Crippen molar-refractivity contribution in [2.75, 3.05) is 7.11 Å². The normalized spacial score (nSPS) is 10.3. The Kier molecular flexibility index (Phi) is 2.19. The van der Waals surface area contributed by atoms with E-state index in [4.69, 9.17) is 4.74 Å². The first-order valence-corrected chi connectivity index (χ1v) is 4.70.